The molecule has 0 fully saturated rings. The van der Waals surface area contributed by atoms with Crippen LogP contribution in [0, 0.1) is 0 Å². The summed E-state index contributed by atoms with van der Waals surface area (Å²) in [6.45, 7) is 0.390. The number of ether oxygens (including phenoxy) is 2. The van der Waals surface area contributed by atoms with Crippen molar-refractivity contribution in [1.82, 2.24) is 20.2 Å². The highest BCUT2D eigenvalue weighted by Gasteiger charge is 2.26. The first-order chi connectivity index (χ1) is 13.8. The maximum Gasteiger partial charge on any atom is 0.308 e. The Bertz CT molecular complexity index is 1290. The average Bonchev–Trinajstić information content (AvgIpc) is 3.39. The molecular formula is C20H14N5O3+. The average molecular weight is 372 g/mol. The molecule has 0 amide bonds. The van der Waals surface area contributed by atoms with Crippen LogP contribution in [0.25, 0.3) is 27.8 Å². The number of pyridine rings is 2. The Balaban J connectivity index is 1.35. The van der Waals surface area contributed by atoms with Crippen molar-refractivity contribution in [2.24, 2.45) is 0 Å². The topological polar surface area (TPSA) is 89.9 Å². The van der Waals surface area contributed by atoms with Gasteiger partial charge in [0, 0.05) is 22.4 Å². The van der Waals surface area contributed by atoms with Gasteiger partial charge in [-0.2, -0.15) is 5.10 Å². The van der Waals surface area contributed by atoms with Crippen molar-refractivity contribution >= 4 is 22.1 Å². The first-order valence-electron chi connectivity index (χ1n) is 8.84. The number of hydrogen-bond donors (Lipinski definition) is 1. The molecule has 1 aromatic carbocycles. The molecule has 0 spiro atoms. The Labute approximate surface area is 158 Å². The number of aromatic amines is 1. The van der Waals surface area contributed by atoms with E-state index in [4.69, 9.17) is 14.0 Å². The SMILES string of the molecule is c1cnc2o[n+](-c3ccc4c(c3)OC(c3ccc5cn[nH]c5n3)CO4)cc2c1. The van der Waals surface area contributed by atoms with Crippen LogP contribution in [-0.4, -0.2) is 26.8 Å². The molecule has 5 aromatic rings. The number of H-pyrrole nitrogens is 1. The summed E-state index contributed by atoms with van der Waals surface area (Å²) in [4.78, 5) is 8.81. The van der Waals surface area contributed by atoms with E-state index in [2.05, 4.69) is 20.2 Å². The molecule has 1 aliphatic heterocycles. The van der Waals surface area contributed by atoms with Crippen molar-refractivity contribution in [3.63, 3.8) is 0 Å². The molecule has 5 heterocycles. The largest absolute Gasteiger partial charge is 0.485 e. The van der Waals surface area contributed by atoms with Crippen molar-refractivity contribution in [2.75, 3.05) is 6.61 Å². The van der Waals surface area contributed by atoms with Gasteiger partial charge in [-0.05, 0) is 30.3 Å². The van der Waals surface area contributed by atoms with Gasteiger partial charge < -0.3 is 9.47 Å². The molecule has 8 heteroatoms. The standard InChI is InChI=1S/C20H14N5O3/c1-2-13-10-25(28-20(13)21-7-1)14-4-6-16-17(8-14)27-18(11-26-16)15-5-3-12-9-22-24-19(12)23-15/h1-10,18H,11H2,(H,22,23,24)/q+1. The fourth-order valence-corrected chi connectivity index (χ4v) is 3.32. The Morgan fingerprint density at radius 1 is 1.07 bits per heavy atom. The van der Waals surface area contributed by atoms with Crippen LogP contribution < -0.4 is 14.2 Å². The van der Waals surface area contributed by atoms with Crippen LogP contribution in [0.15, 0.2) is 65.6 Å². The van der Waals surface area contributed by atoms with E-state index >= 15 is 0 Å². The van der Waals surface area contributed by atoms with Crippen LogP contribution in [-0.2, 0) is 0 Å². The smallest absolute Gasteiger partial charge is 0.308 e. The molecule has 6 rings (SSSR count). The van der Waals surface area contributed by atoms with E-state index in [1.54, 1.807) is 17.1 Å². The van der Waals surface area contributed by atoms with Gasteiger partial charge in [0.2, 0.25) is 6.20 Å². The quantitative estimate of drug-likeness (QED) is 0.479. The first-order valence-corrected chi connectivity index (χ1v) is 8.84. The fraction of sp³-hybridized carbons (Fsp3) is 0.100. The number of nitrogens with zero attached hydrogens (tertiary/aromatic N) is 4. The molecule has 0 saturated carbocycles. The monoisotopic (exact) mass is 372 g/mol. The van der Waals surface area contributed by atoms with Crippen molar-refractivity contribution in [3.8, 4) is 17.2 Å². The zero-order valence-electron chi connectivity index (χ0n) is 14.6. The van der Waals surface area contributed by atoms with Gasteiger partial charge >= 0.3 is 5.71 Å². The van der Waals surface area contributed by atoms with Crippen molar-refractivity contribution in [3.05, 3.63) is 66.7 Å². The molecule has 1 unspecified atom stereocenters. The molecule has 0 bridgehead atoms. The lowest BCUT2D eigenvalue weighted by Crippen LogP contribution is -2.28. The highest BCUT2D eigenvalue weighted by molar-refractivity contribution is 5.73. The predicted octanol–water partition coefficient (Wildman–Crippen LogP) is 2.89. The van der Waals surface area contributed by atoms with E-state index in [-0.39, 0.29) is 6.10 Å². The van der Waals surface area contributed by atoms with Crippen molar-refractivity contribution in [2.45, 2.75) is 6.10 Å². The highest BCUT2D eigenvalue weighted by Crippen LogP contribution is 2.37. The number of rotatable bonds is 2. The van der Waals surface area contributed by atoms with Crippen LogP contribution in [0.4, 0.5) is 0 Å². The number of aromatic nitrogens is 5. The lowest BCUT2D eigenvalue weighted by atomic mass is 10.2. The molecule has 136 valence electrons. The first kappa shape index (κ1) is 15.2. The summed E-state index contributed by atoms with van der Waals surface area (Å²) >= 11 is 0. The molecule has 1 aliphatic rings. The minimum Gasteiger partial charge on any atom is -0.485 e. The summed E-state index contributed by atoms with van der Waals surface area (Å²) in [6, 6.07) is 13.4. The minimum absolute atomic E-state index is 0.308. The summed E-state index contributed by atoms with van der Waals surface area (Å²) in [6.07, 6.45) is 5.02. The van der Waals surface area contributed by atoms with Crippen LogP contribution in [0.3, 0.4) is 0 Å². The number of benzene rings is 1. The number of hydrogen-bond acceptors (Lipinski definition) is 6. The van der Waals surface area contributed by atoms with Gasteiger partial charge in [0.25, 0.3) is 5.69 Å². The molecule has 28 heavy (non-hydrogen) atoms. The van der Waals surface area contributed by atoms with Crippen LogP contribution in [0.2, 0.25) is 0 Å². The molecular weight excluding hydrogens is 358 g/mol. The lowest BCUT2D eigenvalue weighted by molar-refractivity contribution is -0.780. The van der Waals surface area contributed by atoms with E-state index in [1.165, 1.54) is 0 Å². The normalized spacial score (nSPS) is 15.9. The van der Waals surface area contributed by atoms with E-state index in [1.807, 2.05) is 48.7 Å². The number of fused-ring (bicyclic) bond motifs is 3. The zero-order chi connectivity index (χ0) is 18.5. The molecule has 8 nitrogen and oxygen atoms in total. The van der Waals surface area contributed by atoms with Gasteiger partial charge in [-0.3, -0.25) is 5.10 Å². The summed E-state index contributed by atoms with van der Waals surface area (Å²) < 4.78 is 19.5. The fourth-order valence-electron chi connectivity index (χ4n) is 3.32. The van der Waals surface area contributed by atoms with E-state index in [9.17, 15) is 0 Å². The van der Waals surface area contributed by atoms with E-state index in [0.717, 1.165) is 27.8 Å². The number of nitrogens with one attached hydrogen (secondary N) is 1. The van der Waals surface area contributed by atoms with Gasteiger partial charge in [0.05, 0.1) is 18.0 Å². The zero-order valence-corrected chi connectivity index (χ0v) is 14.6. The van der Waals surface area contributed by atoms with Crippen molar-refractivity contribution in [1.29, 1.82) is 0 Å². The highest BCUT2D eigenvalue weighted by atomic mass is 16.6. The Hall–Kier alpha value is -3.94. The third kappa shape index (κ3) is 2.38. The maximum atomic E-state index is 6.19. The van der Waals surface area contributed by atoms with E-state index < -0.39 is 0 Å². The second-order valence-electron chi connectivity index (χ2n) is 6.54. The van der Waals surface area contributed by atoms with Crippen LogP contribution in [0.5, 0.6) is 11.5 Å². The van der Waals surface area contributed by atoms with Gasteiger partial charge in [-0.25, -0.2) is 14.5 Å². The third-order valence-corrected chi connectivity index (χ3v) is 4.73. The van der Waals surface area contributed by atoms with Gasteiger partial charge in [0.15, 0.2) is 23.3 Å². The second kappa shape index (κ2) is 5.78. The molecule has 0 radical (unpaired) electrons. The third-order valence-electron chi connectivity index (χ3n) is 4.73. The molecule has 1 atom stereocenters. The minimum atomic E-state index is -0.308. The maximum absolute atomic E-state index is 6.19. The Morgan fingerprint density at radius 3 is 3.04 bits per heavy atom. The second-order valence-corrected chi connectivity index (χ2v) is 6.54. The van der Waals surface area contributed by atoms with Crippen LogP contribution in [0.1, 0.15) is 11.8 Å². The Morgan fingerprint density at radius 2 is 2.07 bits per heavy atom. The molecule has 0 saturated heterocycles. The Kier molecular flexibility index (Phi) is 3.13. The predicted molar refractivity (Wildman–Crippen MR) is 98.3 cm³/mol. The van der Waals surface area contributed by atoms with Crippen molar-refractivity contribution < 1.29 is 18.7 Å². The summed E-state index contributed by atoms with van der Waals surface area (Å²) in [5.41, 5.74) is 2.91. The molecule has 1 N–H and O–H groups in total. The molecule has 0 aliphatic carbocycles. The van der Waals surface area contributed by atoms with E-state index in [0.29, 0.717) is 23.8 Å². The summed E-state index contributed by atoms with van der Waals surface area (Å²) in [5.74, 6) is 1.33. The van der Waals surface area contributed by atoms with Crippen LogP contribution >= 0.6 is 0 Å². The molecule has 4 aromatic heterocycles. The lowest BCUT2D eigenvalue weighted by Gasteiger charge is -2.25. The summed E-state index contributed by atoms with van der Waals surface area (Å²) in [5, 5.41) is 8.77. The van der Waals surface area contributed by atoms with Gasteiger partial charge in [0.1, 0.15) is 12.0 Å². The van der Waals surface area contributed by atoms with Gasteiger partial charge in [-0.15, -0.1) is 0 Å². The summed E-state index contributed by atoms with van der Waals surface area (Å²) in [7, 11) is 0. The van der Waals surface area contributed by atoms with Gasteiger partial charge in [-0.1, -0.05) is 0 Å².